The standard InChI is InChI=1S/C18H19Cl2N3O2S/c1-23(10-17(24)21-14-5-3-4-6-16(14)26-2)11-18(25)22-15-9-12(19)7-8-13(15)20/h3-9H,10-11H2,1-2H3,(H,21,24)(H,22,25)/p+1. The molecule has 1 unspecified atom stereocenters. The van der Waals surface area contributed by atoms with Gasteiger partial charge in [-0.1, -0.05) is 35.3 Å². The molecule has 0 aliphatic carbocycles. The highest BCUT2D eigenvalue weighted by Gasteiger charge is 2.16. The van der Waals surface area contributed by atoms with E-state index < -0.39 is 0 Å². The van der Waals surface area contributed by atoms with Crippen LogP contribution in [0.1, 0.15) is 0 Å². The van der Waals surface area contributed by atoms with E-state index in [1.165, 1.54) is 0 Å². The molecule has 0 saturated heterocycles. The van der Waals surface area contributed by atoms with Crippen molar-refractivity contribution < 1.29 is 14.5 Å². The molecule has 0 heterocycles. The van der Waals surface area contributed by atoms with Gasteiger partial charge in [0.25, 0.3) is 11.8 Å². The lowest BCUT2D eigenvalue weighted by Gasteiger charge is -2.15. The van der Waals surface area contributed by atoms with Gasteiger partial charge in [0.1, 0.15) is 0 Å². The maximum Gasteiger partial charge on any atom is 0.279 e. The SMILES string of the molecule is CSc1ccccc1NC(=O)C[NH+](C)CC(=O)Nc1cc(Cl)ccc1Cl. The van der Waals surface area contributed by atoms with Crippen LogP contribution in [0.4, 0.5) is 11.4 Å². The second-order valence-corrected chi connectivity index (χ2v) is 7.42. The van der Waals surface area contributed by atoms with E-state index in [1.807, 2.05) is 30.5 Å². The Balaban J connectivity index is 1.87. The summed E-state index contributed by atoms with van der Waals surface area (Å²) in [6.45, 7) is 0.292. The first-order valence-electron chi connectivity index (χ1n) is 7.88. The summed E-state index contributed by atoms with van der Waals surface area (Å²) in [7, 11) is 1.78. The van der Waals surface area contributed by atoms with Gasteiger partial charge in [-0.25, -0.2) is 0 Å². The van der Waals surface area contributed by atoms with Crippen molar-refractivity contribution >= 4 is 58.2 Å². The third kappa shape index (κ3) is 6.21. The van der Waals surface area contributed by atoms with Crippen molar-refractivity contribution in [3.05, 3.63) is 52.5 Å². The highest BCUT2D eigenvalue weighted by atomic mass is 35.5. The van der Waals surface area contributed by atoms with Crippen LogP contribution < -0.4 is 15.5 Å². The molecule has 0 aliphatic heterocycles. The van der Waals surface area contributed by atoms with Gasteiger partial charge in [-0.3, -0.25) is 9.59 Å². The number of rotatable bonds is 7. The molecule has 1 atom stereocenters. The summed E-state index contributed by atoms with van der Waals surface area (Å²) in [5, 5.41) is 6.49. The Morgan fingerprint density at radius 3 is 2.27 bits per heavy atom. The van der Waals surface area contributed by atoms with Crippen molar-refractivity contribution in [3.8, 4) is 0 Å². The average molecular weight is 413 g/mol. The van der Waals surface area contributed by atoms with E-state index in [9.17, 15) is 9.59 Å². The lowest BCUT2D eigenvalue weighted by Crippen LogP contribution is -3.11. The minimum absolute atomic E-state index is 0.125. The molecule has 8 heteroatoms. The second kappa shape index (κ2) is 9.83. The minimum atomic E-state index is -0.246. The van der Waals surface area contributed by atoms with Gasteiger partial charge in [-0.2, -0.15) is 0 Å². The maximum atomic E-state index is 12.2. The summed E-state index contributed by atoms with van der Waals surface area (Å²) in [4.78, 5) is 26.1. The van der Waals surface area contributed by atoms with Gasteiger partial charge < -0.3 is 15.5 Å². The molecule has 26 heavy (non-hydrogen) atoms. The number of likely N-dealkylation sites (N-methyl/N-ethyl adjacent to an activating group) is 1. The largest absolute Gasteiger partial charge is 0.322 e. The number of hydrogen-bond donors (Lipinski definition) is 3. The van der Waals surface area contributed by atoms with Crippen LogP contribution in [-0.2, 0) is 9.59 Å². The molecule has 0 fully saturated rings. The summed E-state index contributed by atoms with van der Waals surface area (Å²) in [6.07, 6.45) is 1.95. The molecule has 2 aromatic rings. The second-order valence-electron chi connectivity index (χ2n) is 5.73. The number of benzene rings is 2. The Kier molecular flexibility index (Phi) is 7.78. The molecule has 0 aromatic heterocycles. The van der Waals surface area contributed by atoms with Crippen LogP contribution in [0.5, 0.6) is 0 Å². The van der Waals surface area contributed by atoms with Gasteiger partial charge in [0.2, 0.25) is 0 Å². The van der Waals surface area contributed by atoms with Crippen LogP contribution in [0.15, 0.2) is 47.4 Å². The van der Waals surface area contributed by atoms with Crippen molar-refractivity contribution in [2.24, 2.45) is 0 Å². The Labute approximate surface area is 167 Å². The molecule has 2 aromatic carbocycles. The lowest BCUT2D eigenvalue weighted by molar-refractivity contribution is -0.862. The Bertz CT molecular complexity index is 802. The molecule has 2 amide bonds. The molecule has 138 valence electrons. The van der Waals surface area contributed by atoms with Crippen LogP contribution in [0, 0.1) is 0 Å². The average Bonchev–Trinajstić information content (AvgIpc) is 2.58. The van der Waals surface area contributed by atoms with Crippen LogP contribution in [0.2, 0.25) is 10.0 Å². The molecule has 2 rings (SSSR count). The Morgan fingerprint density at radius 1 is 1.00 bits per heavy atom. The molecule has 0 bridgehead atoms. The number of carbonyl (C=O) groups excluding carboxylic acids is 2. The zero-order valence-electron chi connectivity index (χ0n) is 14.4. The summed E-state index contributed by atoms with van der Waals surface area (Å²) in [6, 6.07) is 12.4. The van der Waals surface area contributed by atoms with Gasteiger partial charge in [0.15, 0.2) is 13.1 Å². The Morgan fingerprint density at radius 2 is 1.62 bits per heavy atom. The highest BCUT2D eigenvalue weighted by molar-refractivity contribution is 7.98. The van der Waals surface area contributed by atoms with E-state index in [0.717, 1.165) is 15.5 Å². The molecule has 0 spiro atoms. The number of hydrogen-bond acceptors (Lipinski definition) is 3. The zero-order chi connectivity index (χ0) is 19.1. The molecule has 0 radical (unpaired) electrons. The van der Waals surface area contributed by atoms with E-state index in [1.54, 1.807) is 37.0 Å². The van der Waals surface area contributed by atoms with Gasteiger partial charge >= 0.3 is 0 Å². The normalized spacial score (nSPS) is 11.7. The number of nitrogens with one attached hydrogen (secondary N) is 3. The zero-order valence-corrected chi connectivity index (χ0v) is 16.8. The number of carbonyl (C=O) groups is 2. The predicted molar refractivity (Wildman–Crippen MR) is 109 cm³/mol. The quantitative estimate of drug-likeness (QED) is 0.612. The molecule has 0 saturated carbocycles. The van der Waals surface area contributed by atoms with Crippen molar-refractivity contribution in [1.82, 2.24) is 0 Å². The van der Waals surface area contributed by atoms with Crippen molar-refractivity contribution in [2.45, 2.75) is 4.90 Å². The summed E-state index contributed by atoms with van der Waals surface area (Å²) in [5.41, 5.74) is 1.23. The topological polar surface area (TPSA) is 62.6 Å². The lowest BCUT2D eigenvalue weighted by atomic mass is 10.3. The van der Waals surface area contributed by atoms with Gasteiger partial charge in [-0.15, -0.1) is 11.8 Å². The van der Waals surface area contributed by atoms with E-state index in [-0.39, 0.29) is 24.9 Å². The fraction of sp³-hybridized carbons (Fsp3) is 0.222. The number of amides is 2. The van der Waals surface area contributed by atoms with Crippen molar-refractivity contribution in [3.63, 3.8) is 0 Å². The fourth-order valence-electron chi connectivity index (χ4n) is 2.34. The van der Waals surface area contributed by atoms with Gasteiger partial charge in [0.05, 0.1) is 23.4 Å². The molecular formula is C18H20Cl2N3O2S+. The highest BCUT2D eigenvalue weighted by Crippen LogP contribution is 2.25. The maximum absolute atomic E-state index is 12.2. The van der Waals surface area contributed by atoms with E-state index in [4.69, 9.17) is 23.2 Å². The summed E-state index contributed by atoms with van der Waals surface area (Å²) >= 11 is 13.5. The monoisotopic (exact) mass is 412 g/mol. The third-order valence-electron chi connectivity index (χ3n) is 3.51. The molecular weight excluding hydrogens is 393 g/mol. The third-order valence-corrected chi connectivity index (χ3v) is 4.87. The number of anilines is 2. The minimum Gasteiger partial charge on any atom is -0.322 e. The summed E-state index contributed by atoms with van der Waals surface area (Å²) in [5.74, 6) is -0.401. The van der Waals surface area contributed by atoms with E-state index in [0.29, 0.717) is 15.7 Å². The van der Waals surface area contributed by atoms with E-state index in [2.05, 4.69) is 10.6 Å². The number of para-hydroxylation sites is 1. The van der Waals surface area contributed by atoms with Crippen molar-refractivity contribution in [1.29, 1.82) is 0 Å². The van der Waals surface area contributed by atoms with Crippen LogP contribution in [-0.4, -0.2) is 38.2 Å². The smallest absolute Gasteiger partial charge is 0.279 e. The van der Waals surface area contributed by atoms with Gasteiger partial charge in [-0.05, 0) is 36.6 Å². The Hall–Kier alpha value is -1.73. The number of thioether (sulfide) groups is 1. The first kappa shape index (κ1) is 20.6. The van der Waals surface area contributed by atoms with Crippen LogP contribution in [0.25, 0.3) is 0 Å². The fourth-order valence-corrected chi connectivity index (χ4v) is 3.23. The number of quaternary nitrogens is 1. The first-order chi connectivity index (χ1) is 12.4. The number of halogens is 2. The predicted octanol–water partition coefficient (Wildman–Crippen LogP) is 2.81. The van der Waals surface area contributed by atoms with Crippen LogP contribution in [0.3, 0.4) is 0 Å². The first-order valence-corrected chi connectivity index (χ1v) is 9.86. The molecule has 3 N–H and O–H groups in total. The van der Waals surface area contributed by atoms with Crippen molar-refractivity contribution in [2.75, 3.05) is 37.0 Å². The summed E-state index contributed by atoms with van der Waals surface area (Å²) < 4.78 is 0. The molecule has 5 nitrogen and oxygen atoms in total. The molecule has 0 aliphatic rings. The van der Waals surface area contributed by atoms with E-state index >= 15 is 0 Å². The van der Waals surface area contributed by atoms with Crippen LogP contribution >= 0.6 is 35.0 Å². The van der Waals surface area contributed by atoms with Gasteiger partial charge in [0, 0.05) is 9.92 Å².